The van der Waals surface area contributed by atoms with E-state index in [0.29, 0.717) is 12.2 Å². The summed E-state index contributed by atoms with van der Waals surface area (Å²) in [4.78, 5) is 4.55. The molecular formula is C15H17N5O. The van der Waals surface area contributed by atoms with E-state index in [1.165, 1.54) is 0 Å². The molecule has 108 valence electrons. The molecule has 0 radical (unpaired) electrons. The van der Waals surface area contributed by atoms with Gasteiger partial charge in [0, 0.05) is 24.7 Å². The van der Waals surface area contributed by atoms with Crippen LogP contribution in [-0.2, 0) is 13.0 Å². The van der Waals surface area contributed by atoms with Gasteiger partial charge in [0.25, 0.3) is 0 Å². The van der Waals surface area contributed by atoms with Crippen molar-refractivity contribution in [2.45, 2.75) is 19.9 Å². The summed E-state index contributed by atoms with van der Waals surface area (Å²) in [6.45, 7) is 2.83. The zero-order chi connectivity index (χ0) is 14.7. The van der Waals surface area contributed by atoms with Crippen molar-refractivity contribution in [1.82, 2.24) is 25.0 Å². The first-order chi connectivity index (χ1) is 10.3. The van der Waals surface area contributed by atoms with Gasteiger partial charge in [0.15, 0.2) is 5.82 Å². The van der Waals surface area contributed by atoms with Crippen molar-refractivity contribution in [2.24, 2.45) is 0 Å². The van der Waals surface area contributed by atoms with Gasteiger partial charge in [-0.1, -0.05) is 18.2 Å². The molecule has 0 amide bonds. The van der Waals surface area contributed by atoms with E-state index in [4.69, 9.17) is 4.74 Å². The van der Waals surface area contributed by atoms with E-state index in [1.54, 1.807) is 13.3 Å². The molecule has 0 fully saturated rings. The van der Waals surface area contributed by atoms with Crippen LogP contribution in [0.3, 0.4) is 0 Å². The molecule has 0 spiro atoms. The molecule has 2 aromatic heterocycles. The average Bonchev–Trinajstić information content (AvgIpc) is 3.16. The maximum absolute atomic E-state index is 5.36. The monoisotopic (exact) mass is 283 g/mol. The summed E-state index contributed by atoms with van der Waals surface area (Å²) in [5.74, 6) is 2.33. The first-order valence-electron chi connectivity index (χ1n) is 6.87. The molecule has 3 rings (SSSR count). The molecule has 0 aliphatic rings. The molecule has 6 nitrogen and oxygen atoms in total. The number of methoxy groups -OCH3 is 1. The van der Waals surface area contributed by atoms with Crippen LogP contribution in [0, 0.1) is 0 Å². The predicted molar refractivity (Wildman–Crippen MR) is 79.1 cm³/mol. The number of hydrogen-bond acceptors (Lipinski definition) is 4. The number of hydrogen-bond donors (Lipinski definition) is 1. The normalized spacial score (nSPS) is 10.8. The van der Waals surface area contributed by atoms with Gasteiger partial charge in [-0.15, -0.1) is 0 Å². The smallest absolute Gasteiger partial charge is 0.199 e. The minimum absolute atomic E-state index is 0.650. The third kappa shape index (κ3) is 2.65. The molecular weight excluding hydrogens is 266 g/mol. The highest BCUT2D eigenvalue weighted by molar-refractivity contribution is 5.48. The van der Waals surface area contributed by atoms with Crippen LogP contribution < -0.4 is 4.74 Å². The minimum atomic E-state index is 0.650. The molecule has 1 N–H and O–H groups in total. The third-order valence-electron chi connectivity index (χ3n) is 3.33. The van der Waals surface area contributed by atoms with E-state index in [-0.39, 0.29) is 0 Å². The van der Waals surface area contributed by atoms with Crippen molar-refractivity contribution >= 4 is 0 Å². The van der Waals surface area contributed by atoms with E-state index in [1.807, 2.05) is 41.9 Å². The van der Waals surface area contributed by atoms with Gasteiger partial charge in [-0.05, 0) is 19.1 Å². The van der Waals surface area contributed by atoms with Crippen LogP contribution in [0.5, 0.6) is 5.75 Å². The van der Waals surface area contributed by atoms with Crippen LogP contribution >= 0.6 is 0 Å². The fraction of sp³-hybridized carbons (Fsp3) is 0.267. The molecule has 0 aliphatic heterocycles. The number of benzene rings is 1. The number of H-pyrrole nitrogens is 1. The molecule has 0 saturated heterocycles. The largest absolute Gasteiger partial charge is 0.496 e. The highest BCUT2D eigenvalue weighted by Gasteiger charge is 2.12. The van der Waals surface area contributed by atoms with Crippen molar-refractivity contribution in [2.75, 3.05) is 7.11 Å². The van der Waals surface area contributed by atoms with E-state index in [2.05, 4.69) is 20.3 Å². The Hall–Kier alpha value is -2.63. The molecule has 1 aromatic carbocycles. The summed E-state index contributed by atoms with van der Waals surface area (Å²) in [5, 5.41) is 11.5. The fourth-order valence-electron chi connectivity index (χ4n) is 2.29. The zero-order valence-electron chi connectivity index (χ0n) is 12.1. The van der Waals surface area contributed by atoms with Gasteiger partial charge < -0.3 is 4.74 Å². The molecule has 0 atom stereocenters. The van der Waals surface area contributed by atoms with Gasteiger partial charge in [-0.25, -0.2) is 4.98 Å². The zero-order valence-corrected chi connectivity index (χ0v) is 12.1. The van der Waals surface area contributed by atoms with Crippen molar-refractivity contribution in [1.29, 1.82) is 0 Å². The van der Waals surface area contributed by atoms with Gasteiger partial charge in [0.05, 0.1) is 7.11 Å². The van der Waals surface area contributed by atoms with E-state index >= 15 is 0 Å². The molecule has 0 bridgehead atoms. The molecule has 0 saturated carbocycles. The quantitative estimate of drug-likeness (QED) is 0.780. The number of aromatic amines is 1. The van der Waals surface area contributed by atoms with Crippen LogP contribution in [0.25, 0.3) is 11.5 Å². The van der Waals surface area contributed by atoms with Crippen LogP contribution in [0.15, 0.2) is 36.5 Å². The van der Waals surface area contributed by atoms with Gasteiger partial charge in [-0.3, -0.25) is 9.78 Å². The Morgan fingerprint density at radius 3 is 2.90 bits per heavy atom. The molecule has 0 aliphatic carbocycles. The maximum atomic E-state index is 5.36. The number of para-hydroxylation sites is 1. The van der Waals surface area contributed by atoms with Crippen LogP contribution in [0.2, 0.25) is 0 Å². The van der Waals surface area contributed by atoms with Crippen molar-refractivity contribution in [3.63, 3.8) is 0 Å². The molecule has 6 heteroatoms. The number of nitrogens with zero attached hydrogens (tertiary/aromatic N) is 4. The van der Waals surface area contributed by atoms with Gasteiger partial charge in [-0.2, -0.15) is 10.2 Å². The van der Waals surface area contributed by atoms with E-state index in [0.717, 1.165) is 29.4 Å². The van der Waals surface area contributed by atoms with Gasteiger partial charge >= 0.3 is 0 Å². The lowest BCUT2D eigenvalue weighted by atomic mass is 10.1. The molecule has 0 unspecified atom stereocenters. The molecule has 3 aromatic rings. The highest BCUT2D eigenvalue weighted by Crippen LogP contribution is 2.21. The third-order valence-corrected chi connectivity index (χ3v) is 3.33. The standard InChI is InChI=1S/C15H17N5O/c1-3-20-12(8-9-16-20)15-17-14(18-19-15)10-11-6-4-5-7-13(11)21-2/h4-9H,3,10H2,1-2H3,(H,17,18,19). The summed E-state index contributed by atoms with van der Waals surface area (Å²) in [6, 6.07) is 9.82. The lowest BCUT2D eigenvalue weighted by Gasteiger charge is -2.05. The molecule has 21 heavy (non-hydrogen) atoms. The van der Waals surface area contributed by atoms with Crippen LogP contribution in [-0.4, -0.2) is 32.1 Å². The first kappa shape index (κ1) is 13.4. The molecule has 2 heterocycles. The van der Waals surface area contributed by atoms with E-state index in [9.17, 15) is 0 Å². The number of aryl methyl sites for hydroxylation is 1. The Kier molecular flexibility index (Phi) is 3.68. The second-order valence-electron chi connectivity index (χ2n) is 4.63. The summed E-state index contributed by atoms with van der Waals surface area (Å²) in [6.07, 6.45) is 2.41. The summed E-state index contributed by atoms with van der Waals surface area (Å²) >= 11 is 0. The number of ether oxygens (including phenoxy) is 1. The first-order valence-corrected chi connectivity index (χ1v) is 6.87. The highest BCUT2D eigenvalue weighted by atomic mass is 16.5. The minimum Gasteiger partial charge on any atom is -0.496 e. The lowest BCUT2D eigenvalue weighted by Crippen LogP contribution is -1.99. The lowest BCUT2D eigenvalue weighted by molar-refractivity contribution is 0.410. The topological polar surface area (TPSA) is 68.6 Å². The second-order valence-corrected chi connectivity index (χ2v) is 4.63. The second kappa shape index (κ2) is 5.78. The van der Waals surface area contributed by atoms with Crippen molar-refractivity contribution < 1.29 is 4.74 Å². The Bertz CT molecular complexity index is 731. The number of rotatable bonds is 5. The average molecular weight is 283 g/mol. The Morgan fingerprint density at radius 1 is 1.24 bits per heavy atom. The Balaban J connectivity index is 1.86. The number of aromatic nitrogens is 5. The SMILES string of the molecule is CCn1nccc1-c1n[nH]c(Cc2ccccc2OC)n1. The van der Waals surface area contributed by atoms with E-state index < -0.39 is 0 Å². The van der Waals surface area contributed by atoms with Gasteiger partial charge in [0.1, 0.15) is 17.3 Å². The van der Waals surface area contributed by atoms with Gasteiger partial charge in [0.2, 0.25) is 0 Å². The summed E-state index contributed by atoms with van der Waals surface area (Å²) in [7, 11) is 1.67. The van der Waals surface area contributed by atoms with Crippen molar-refractivity contribution in [3.8, 4) is 17.3 Å². The summed E-state index contributed by atoms with van der Waals surface area (Å²) in [5.41, 5.74) is 1.99. The summed E-state index contributed by atoms with van der Waals surface area (Å²) < 4.78 is 7.23. The van der Waals surface area contributed by atoms with Crippen LogP contribution in [0.1, 0.15) is 18.3 Å². The van der Waals surface area contributed by atoms with Crippen molar-refractivity contribution in [3.05, 3.63) is 47.9 Å². The Morgan fingerprint density at radius 2 is 2.10 bits per heavy atom. The fourth-order valence-corrected chi connectivity index (χ4v) is 2.29. The number of nitrogens with one attached hydrogen (secondary N) is 1. The van der Waals surface area contributed by atoms with Crippen LogP contribution in [0.4, 0.5) is 0 Å². The maximum Gasteiger partial charge on any atom is 0.199 e. The predicted octanol–water partition coefficient (Wildman–Crippen LogP) is 2.29. The Labute approximate surface area is 122 Å².